The van der Waals surface area contributed by atoms with Gasteiger partial charge in [0.05, 0.1) is 6.10 Å². The van der Waals surface area contributed by atoms with Gasteiger partial charge in [-0.3, -0.25) is 0 Å². The summed E-state index contributed by atoms with van der Waals surface area (Å²) in [7, 11) is 0. The minimum atomic E-state index is 0.529. The minimum absolute atomic E-state index is 0.529. The van der Waals surface area contributed by atoms with Crippen LogP contribution >= 0.6 is 0 Å². The number of hydrogen-bond acceptors (Lipinski definition) is 1. The van der Waals surface area contributed by atoms with Crippen molar-refractivity contribution < 1.29 is 4.74 Å². The van der Waals surface area contributed by atoms with Crippen molar-refractivity contribution in [3.63, 3.8) is 0 Å². The van der Waals surface area contributed by atoms with E-state index in [-0.39, 0.29) is 0 Å². The van der Waals surface area contributed by atoms with Crippen molar-refractivity contribution in [1.82, 2.24) is 0 Å². The zero-order valence-corrected chi connectivity index (χ0v) is 7.51. The molecule has 0 amide bonds. The fourth-order valence-corrected chi connectivity index (χ4v) is 1.32. The summed E-state index contributed by atoms with van der Waals surface area (Å²) in [4.78, 5) is 0. The van der Waals surface area contributed by atoms with E-state index in [9.17, 15) is 0 Å². The highest BCUT2D eigenvalue weighted by atomic mass is 16.6. The molecule has 1 nitrogen and oxygen atoms in total. The maximum Gasteiger partial charge on any atom is 0.113 e. The Hall–Kier alpha value is -0.0400. The Labute approximate surface area is 70.1 Å². The summed E-state index contributed by atoms with van der Waals surface area (Å²) in [6, 6.07) is 0. The van der Waals surface area contributed by atoms with Crippen LogP contribution in [0.4, 0.5) is 0 Å². The van der Waals surface area contributed by atoms with E-state index in [1.54, 1.807) is 0 Å². The second-order valence-electron chi connectivity index (χ2n) is 3.37. The third kappa shape index (κ3) is 5.25. The lowest BCUT2D eigenvalue weighted by atomic mass is 10.1. The van der Waals surface area contributed by atoms with Gasteiger partial charge in [-0.1, -0.05) is 45.4 Å². The first-order valence-electron chi connectivity index (χ1n) is 4.92. The van der Waals surface area contributed by atoms with Gasteiger partial charge in [0.25, 0.3) is 0 Å². The lowest BCUT2D eigenvalue weighted by Gasteiger charge is -1.97. The second kappa shape index (κ2) is 5.59. The number of unbranched alkanes of at least 4 members (excludes halogenated alkanes) is 5. The molecule has 1 saturated heterocycles. The second-order valence-corrected chi connectivity index (χ2v) is 3.37. The van der Waals surface area contributed by atoms with Crippen LogP contribution in [0, 0.1) is 6.61 Å². The summed E-state index contributed by atoms with van der Waals surface area (Å²) >= 11 is 0. The molecule has 0 aliphatic carbocycles. The van der Waals surface area contributed by atoms with Gasteiger partial charge in [0.15, 0.2) is 0 Å². The Kier molecular flexibility index (Phi) is 4.60. The van der Waals surface area contributed by atoms with E-state index in [0.29, 0.717) is 6.10 Å². The van der Waals surface area contributed by atoms with Gasteiger partial charge < -0.3 is 4.74 Å². The van der Waals surface area contributed by atoms with Gasteiger partial charge in [0.1, 0.15) is 6.61 Å². The van der Waals surface area contributed by atoms with Crippen molar-refractivity contribution in [1.29, 1.82) is 0 Å². The molecule has 1 aliphatic rings. The standard InChI is InChI=1S/C10H19O/c1-2-3-4-5-6-7-8-10-9-11-10/h9-10H,2-8H2,1H3. The molecular weight excluding hydrogens is 136 g/mol. The smallest absolute Gasteiger partial charge is 0.113 e. The van der Waals surface area contributed by atoms with Crippen molar-refractivity contribution in [3.8, 4) is 0 Å². The lowest BCUT2D eigenvalue weighted by Crippen LogP contribution is -1.84. The molecule has 1 atom stereocenters. The van der Waals surface area contributed by atoms with E-state index in [2.05, 4.69) is 6.92 Å². The molecule has 1 heteroatoms. The van der Waals surface area contributed by atoms with Crippen molar-refractivity contribution in [2.24, 2.45) is 0 Å². The van der Waals surface area contributed by atoms with Crippen molar-refractivity contribution in [2.75, 3.05) is 0 Å². The van der Waals surface area contributed by atoms with Gasteiger partial charge >= 0.3 is 0 Å². The Bertz CT molecular complexity index is 86.9. The zero-order valence-electron chi connectivity index (χ0n) is 7.51. The fourth-order valence-electron chi connectivity index (χ4n) is 1.32. The van der Waals surface area contributed by atoms with E-state index in [1.807, 2.05) is 6.61 Å². The largest absolute Gasteiger partial charge is 0.367 e. The first kappa shape index (κ1) is 9.05. The fraction of sp³-hybridized carbons (Fsp3) is 0.900. The van der Waals surface area contributed by atoms with Crippen LogP contribution in [0.3, 0.4) is 0 Å². The summed E-state index contributed by atoms with van der Waals surface area (Å²) in [5.74, 6) is 0. The zero-order chi connectivity index (χ0) is 7.94. The van der Waals surface area contributed by atoms with E-state index < -0.39 is 0 Å². The van der Waals surface area contributed by atoms with Gasteiger partial charge in [-0.25, -0.2) is 0 Å². The van der Waals surface area contributed by atoms with Crippen LogP contribution in [0.2, 0.25) is 0 Å². The molecule has 1 fully saturated rings. The van der Waals surface area contributed by atoms with E-state index in [4.69, 9.17) is 4.74 Å². The third-order valence-corrected chi connectivity index (χ3v) is 2.17. The van der Waals surface area contributed by atoms with Gasteiger partial charge in [0.2, 0.25) is 0 Å². The highest BCUT2D eigenvalue weighted by Crippen LogP contribution is 2.22. The SMILES string of the molecule is CCCCCCCCC1[CH]O1. The molecule has 0 saturated carbocycles. The summed E-state index contributed by atoms with van der Waals surface area (Å²) < 4.78 is 5.01. The monoisotopic (exact) mass is 155 g/mol. The molecule has 11 heavy (non-hydrogen) atoms. The Morgan fingerprint density at radius 2 is 1.73 bits per heavy atom. The molecular formula is C10H19O. The number of hydrogen-bond donors (Lipinski definition) is 0. The van der Waals surface area contributed by atoms with Gasteiger partial charge in [-0.05, 0) is 6.42 Å². The van der Waals surface area contributed by atoms with Crippen LogP contribution in [-0.4, -0.2) is 6.10 Å². The highest BCUT2D eigenvalue weighted by Gasteiger charge is 2.21. The molecule has 1 radical (unpaired) electrons. The van der Waals surface area contributed by atoms with Crippen LogP contribution in [0.25, 0.3) is 0 Å². The normalized spacial score (nSPS) is 22.1. The van der Waals surface area contributed by atoms with Crippen molar-refractivity contribution >= 4 is 0 Å². The summed E-state index contributed by atoms with van der Waals surface area (Å²) in [6.45, 7) is 4.19. The van der Waals surface area contributed by atoms with E-state index >= 15 is 0 Å². The minimum Gasteiger partial charge on any atom is -0.367 e. The van der Waals surface area contributed by atoms with Crippen LogP contribution < -0.4 is 0 Å². The van der Waals surface area contributed by atoms with E-state index in [0.717, 1.165) is 0 Å². The van der Waals surface area contributed by atoms with Crippen LogP contribution in [-0.2, 0) is 4.74 Å². The van der Waals surface area contributed by atoms with Gasteiger partial charge in [-0.15, -0.1) is 0 Å². The maximum atomic E-state index is 5.01. The Morgan fingerprint density at radius 3 is 2.36 bits per heavy atom. The quantitative estimate of drug-likeness (QED) is 0.406. The van der Waals surface area contributed by atoms with Crippen molar-refractivity contribution in [3.05, 3.63) is 6.61 Å². The predicted octanol–water partition coefficient (Wildman–Crippen LogP) is 3.30. The summed E-state index contributed by atoms with van der Waals surface area (Å²) in [5.41, 5.74) is 0. The van der Waals surface area contributed by atoms with Crippen LogP contribution in [0.5, 0.6) is 0 Å². The molecule has 1 heterocycles. The van der Waals surface area contributed by atoms with Crippen molar-refractivity contribution in [2.45, 2.75) is 58.0 Å². The Morgan fingerprint density at radius 1 is 1.09 bits per heavy atom. The molecule has 1 aliphatic heterocycles. The molecule has 1 unspecified atom stereocenters. The van der Waals surface area contributed by atoms with Gasteiger partial charge in [-0.2, -0.15) is 0 Å². The number of rotatable bonds is 7. The molecule has 65 valence electrons. The topological polar surface area (TPSA) is 12.5 Å². The molecule has 0 aromatic carbocycles. The average Bonchev–Trinajstić information content (AvgIpc) is 2.80. The molecule has 0 spiro atoms. The van der Waals surface area contributed by atoms with E-state index in [1.165, 1.54) is 44.9 Å². The average molecular weight is 155 g/mol. The third-order valence-electron chi connectivity index (χ3n) is 2.17. The molecule has 0 N–H and O–H groups in total. The predicted molar refractivity (Wildman–Crippen MR) is 47.2 cm³/mol. The van der Waals surface area contributed by atoms with Crippen LogP contribution in [0.15, 0.2) is 0 Å². The number of ether oxygens (including phenoxy) is 1. The summed E-state index contributed by atoms with van der Waals surface area (Å²) in [6.07, 6.45) is 10.1. The molecule has 1 rings (SSSR count). The Balaban J connectivity index is 1.66. The van der Waals surface area contributed by atoms with Gasteiger partial charge in [0, 0.05) is 0 Å². The van der Waals surface area contributed by atoms with Crippen LogP contribution in [0.1, 0.15) is 51.9 Å². The first-order chi connectivity index (χ1) is 5.43. The molecule has 0 aromatic rings. The first-order valence-corrected chi connectivity index (χ1v) is 4.92. The number of epoxide rings is 1. The summed E-state index contributed by atoms with van der Waals surface area (Å²) in [5, 5.41) is 0. The molecule has 0 aromatic heterocycles. The maximum absolute atomic E-state index is 5.01. The highest BCUT2D eigenvalue weighted by molar-refractivity contribution is 4.81. The lowest BCUT2D eigenvalue weighted by molar-refractivity contribution is 0.399. The molecule has 0 bridgehead atoms.